The van der Waals surface area contributed by atoms with Crippen LogP contribution in [0.5, 0.6) is 0 Å². The molecule has 0 aliphatic carbocycles. The van der Waals surface area contributed by atoms with E-state index in [1.165, 1.54) is 12.3 Å². The first-order chi connectivity index (χ1) is 16.0. The van der Waals surface area contributed by atoms with Crippen molar-refractivity contribution in [1.82, 2.24) is 19.7 Å². The first-order valence-corrected chi connectivity index (χ1v) is 11.3. The number of aryl methyl sites for hydroxylation is 1. The summed E-state index contributed by atoms with van der Waals surface area (Å²) in [6.07, 6.45) is 7.22. The van der Waals surface area contributed by atoms with E-state index >= 15 is 0 Å². The molecule has 1 N–H and O–H groups in total. The second kappa shape index (κ2) is 11.2. The molecule has 2 aromatic heterocycles. The number of nitrogens with zero attached hydrogens (tertiary/aromatic N) is 4. The van der Waals surface area contributed by atoms with Gasteiger partial charge in [0.25, 0.3) is 0 Å². The van der Waals surface area contributed by atoms with Crippen molar-refractivity contribution in [3.05, 3.63) is 65.5 Å². The van der Waals surface area contributed by atoms with Crippen LogP contribution >= 0.6 is 0 Å². The highest BCUT2D eigenvalue weighted by Crippen LogP contribution is 2.30. The quantitative estimate of drug-likeness (QED) is 0.399. The number of ether oxygens (including phenoxy) is 2. The summed E-state index contributed by atoms with van der Waals surface area (Å²) in [6.45, 7) is 4.98. The molecular weight excluding hydrogens is 420 g/mol. The maximum Gasteiger partial charge on any atom is 0.336 e. The summed E-state index contributed by atoms with van der Waals surface area (Å²) < 4.78 is 13.4. The molecule has 0 saturated carbocycles. The number of carboxylic acid groups (broad SMARTS) is 1. The zero-order valence-electron chi connectivity index (χ0n) is 19.7. The minimum Gasteiger partial charge on any atom is -0.478 e. The number of methoxy groups -OCH3 is 2. The Morgan fingerprint density at radius 3 is 2.42 bits per heavy atom. The highest BCUT2D eigenvalue weighted by molar-refractivity contribution is 5.95. The van der Waals surface area contributed by atoms with E-state index in [0.717, 1.165) is 42.8 Å². The summed E-state index contributed by atoms with van der Waals surface area (Å²) in [7, 11) is 3.24. The van der Waals surface area contributed by atoms with E-state index in [-0.39, 0.29) is 5.56 Å². The van der Waals surface area contributed by atoms with Gasteiger partial charge in [-0.3, -0.25) is 4.98 Å². The van der Waals surface area contributed by atoms with Crippen LogP contribution in [0.15, 0.2) is 42.7 Å². The maximum atomic E-state index is 11.5. The lowest BCUT2D eigenvalue weighted by Gasteiger charge is -2.27. The van der Waals surface area contributed by atoms with Gasteiger partial charge in [-0.05, 0) is 23.6 Å². The van der Waals surface area contributed by atoms with Crippen LogP contribution in [0.1, 0.15) is 67.1 Å². The highest BCUT2D eigenvalue weighted by atomic mass is 16.7. The van der Waals surface area contributed by atoms with Crippen molar-refractivity contribution in [2.45, 2.75) is 58.3 Å². The number of hydrogen-bond donors (Lipinski definition) is 1. The fourth-order valence-corrected chi connectivity index (χ4v) is 3.86. The summed E-state index contributed by atoms with van der Waals surface area (Å²) in [6, 6.07) is 9.31. The number of rotatable bonds is 12. The van der Waals surface area contributed by atoms with E-state index in [1.807, 2.05) is 28.9 Å². The van der Waals surface area contributed by atoms with Crippen molar-refractivity contribution in [3.63, 3.8) is 0 Å². The Kier molecular flexibility index (Phi) is 8.30. The number of benzene rings is 1. The van der Waals surface area contributed by atoms with Crippen LogP contribution in [0.4, 0.5) is 0 Å². The minimum absolute atomic E-state index is 0.230. The molecule has 0 fully saturated rings. The number of carboxylic acids is 1. The van der Waals surface area contributed by atoms with Crippen LogP contribution < -0.4 is 0 Å². The molecule has 0 aliphatic heterocycles. The molecule has 1 aromatic carbocycles. The average molecular weight is 453 g/mol. The molecule has 3 aromatic rings. The molecule has 8 nitrogen and oxygen atoms in total. The monoisotopic (exact) mass is 452 g/mol. The Labute approximate surface area is 194 Å². The van der Waals surface area contributed by atoms with Gasteiger partial charge in [-0.1, -0.05) is 51.0 Å². The van der Waals surface area contributed by atoms with E-state index in [9.17, 15) is 9.90 Å². The van der Waals surface area contributed by atoms with Crippen molar-refractivity contribution < 1.29 is 19.4 Å². The molecule has 2 heterocycles. The predicted octanol–water partition coefficient (Wildman–Crippen LogP) is 4.67. The van der Waals surface area contributed by atoms with Gasteiger partial charge < -0.3 is 14.6 Å². The van der Waals surface area contributed by atoms with Gasteiger partial charge in [-0.25, -0.2) is 14.5 Å². The first kappa shape index (κ1) is 24.5. The first-order valence-electron chi connectivity index (χ1n) is 11.3. The van der Waals surface area contributed by atoms with E-state index in [4.69, 9.17) is 19.6 Å². The predicted molar refractivity (Wildman–Crippen MR) is 125 cm³/mol. The SMILES string of the molecule is CCCCn1nc(C(CCC)(OC)OC)nc1Cc1ccc(-c2cnccc2C(=O)O)cc1. The van der Waals surface area contributed by atoms with E-state index in [0.29, 0.717) is 24.2 Å². The normalized spacial score (nSPS) is 11.6. The molecule has 0 spiro atoms. The van der Waals surface area contributed by atoms with Gasteiger partial charge >= 0.3 is 5.97 Å². The molecule has 0 unspecified atom stereocenters. The van der Waals surface area contributed by atoms with E-state index < -0.39 is 11.8 Å². The van der Waals surface area contributed by atoms with Gasteiger partial charge in [0, 0.05) is 51.6 Å². The van der Waals surface area contributed by atoms with Gasteiger partial charge in [0.05, 0.1) is 5.56 Å². The standard InChI is InChI=1S/C25H32N4O4/c1-5-7-15-29-22(27-24(28-29)25(32-3,33-4)13-6-2)16-18-8-10-19(11-9-18)21-17-26-14-12-20(21)23(30)31/h8-12,14,17H,5-7,13,15-16H2,1-4H3,(H,30,31). The Bertz CT molecular complexity index is 1060. The molecule has 0 aliphatic rings. The summed E-state index contributed by atoms with van der Waals surface area (Å²) in [4.78, 5) is 20.4. The van der Waals surface area contributed by atoms with Gasteiger partial charge in [0.1, 0.15) is 5.82 Å². The molecule has 3 rings (SSSR count). The molecule has 0 amide bonds. The largest absolute Gasteiger partial charge is 0.478 e. The summed E-state index contributed by atoms with van der Waals surface area (Å²) >= 11 is 0. The van der Waals surface area contributed by atoms with Crippen LogP contribution in [0, 0.1) is 0 Å². The fraction of sp³-hybridized carbons (Fsp3) is 0.440. The molecule has 0 atom stereocenters. The van der Waals surface area contributed by atoms with E-state index in [1.54, 1.807) is 20.4 Å². The molecular formula is C25H32N4O4. The highest BCUT2D eigenvalue weighted by Gasteiger charge is 2.36. The Morgan fingerprint density at radius 2 is 1.82 bits per heavy atom. The molecule has 176 valence electrons. The van der Waals surface area contributed by atoms with Gasteiger partial charge in [0.15, 0.2) is 0 Å². The molecule has 0 saturated heterocycles. The lowest BCUT2D eigenvalue weighted by molar-refractivity contribution is -0.225. The summed E-state index contributed by atoms with van der Waals surface area (Å²) in [5.74, 6) is -0.551. The number of aromatic nitrogens is 4. The third kappa shape index (κ3) is 5.46. The second-order valence-corrected chi connectivity index (χ2v) is 7.94. The maximum absolute atomic E-state index is 11.5. The zero-order valence-corrected chi connectivity index (χ0v) is 19.7. The summed E-state index contributed by atoms with van der Waals surface area (Å²) in [5, 5.41) is 14.2. The van der Waals surface area contributed by atoms with Crippen molar-refractivity contribution in [1.29, 1.82) is 0 Å². The van der Waals surface area contributed by atoms with Crippen molar-refractivity contribution >= 4 is 5.97 Å². The Hall–Kier alpha value is -3.10. The topological polar surface area (TPSA) is 99.4 Å². The lowest BCUT2D eigenvalue weighted by Crippen LogP contribution is -2.32. The molecule has 0 radical (unpaired) electrons. The third-order valence-electron chi connectivity index (χ3n) is 5.73. The van der Waals surface area contributed by atoms with Crippen molar-refractivity contribution in [3.8, 4) is 11.1 Å². The molecule has 8 heteroatoms. The smallest absolute Gasteiger partial charge is 0.336 e. The number of unbranched alkanes of at least 4 members (excludes halogenated alkanes) is 1. The van der Waals surface area contributed by atoms with Gasteiger partial charge in [-0.15, -0.1) is 0 Å². The summed E-state index contributed by atoms with van der Waals surface area (Å²) in [5.41, 5.74) is 2.67. The van der Waals surface area contributed by atoms with Crippen molar-refractivity contribution in [2.24, 2.45) is 0 Å². The number of hydrogen-bond acceptors (Lipinski definition) is 6. The zero-order chi connectivity index (χ0) is 23.8. The van der Waals surface area contributed by atoms with Gasteiger partial charge in [0.2, 0.25) is 11.6 Å². The number of carbonyl (C=O) groups is 1. The molecule has 0 bridgehead atoms. The van der Waals surface area contributed by atoms with Gasteiger partial charge in [-0.2, -0.15) is 5.10 Å². The van der Waals surface area contributed by atoms with Crippen molar-refractivity contribution in [2.75, 3.05) is 14.2 Å². The van der Waals surface area contributed by atoms with Crippen LogP contribution in [-0.2, 0) is 28.2 Å². The number of aromatic carboxylic acids is 1. The van der Waals surface area contributed by atoms with E-state index in [2.05, 4.69) is 18.8 Å². The van der Waals surface area contributed by atoms with Crippen LogP contribution in [0.25, 0.3) is 11.1 Å². The Morgan fingerprint density at radius 1 is 1.09 bits per heavy atom. The second-order valence-electron chi connectivity index (χ2n) is 7.94. The lowest BCUT2D eigenvalue weighted by atomic mass is 10.00. The Balaban J connectivity index is 1.91. The van der Waals surface area contributed by atoms with Crippen LogP contribution in [0.2, 0.25) is 0 Å². The van der Waals surface area contributed by atoms with Crippen LogP contribution in [0.3, 0.4) is 0 Å². The van der Waals surface area contributed by atoms with Crippen LogP contribution in [-0.4, -0.2) is 45.0 Å². The molecule has 33 heavy (non-hydrogen) atoms. The fourth-order valence-electron chi connectivity index (χ4n) is 3.86. The third-order valence-corrected chi connectivity index (χ3v) is 5.73. The average Bonchev–Trinajstić information content (AvgIpc) is 3.24. The number of pyridine rings is 1. The minimum atomic E-state index is -0.972.